The molecule has 1 heterocycles. The number of nitrogens with zero attached hydrogens (tertiary/aromatic N) is 1. The van der Waals surface area contributed by atoms with E-state index in [0.29, 0.717) is 12.2 Å². The lowest BCUT2D eigenvalue weighted by atomic mass is 10.2. The maximum Gasteiger partial charge on any atom is 0.416 e. The Labute approximate surface area is 106 Å². The van der Waals surface area contributed by atoms with Gasteiger partial charge >= 0.3 is 6.18 Å². The Kier molecular flexibility index (Phi) is 3.56. The van der Waals surface area contributed by atoms with E-state index in [1.807, 2.05) is 12.3 Å². The third-order valence-electron chi connectivity index (χ3n) is 2.35. The predicted octanol–water partition coefficient (Wildman–Crippen LogP) is 4.08. The van der Waals surface area contributed by atoms with Gasteiger partial charge in [0.1, 0.15) is 0 Å². The van der Waals surface area contributed by atoms with Gasteiger partial charge in [0, 0.05) is 11.1 Å². The maximum atomic E-state index is 12.3. The molecular weight excluding hydrogens is 261 g/mol. The van der Waals surface area contributed by atoms with Crippen molar-refractivity contribution >= 4 is 17.0 Å². The van der Waals surface area contributed by atoms with E-state index >= 15 is 0 Å². The number of nitrogens with one attached hydrogen (secondary N) is 1. The number of anilines is 1. The van der Waals surface area contributed by atoms with Crippen LogP contribution in [0.15, 0.2) is 29.6 Å². The lowest BCUT2D eigenvalue weighted by Crippen LogP contribution is -2.05. The number of benzene rings is 1. The molecule has 1 aromatic carbocycles. The molecule has 2 nitrogen and oxygen atoms in total. The maximum absolute atomic E-state index is 12.3. The van der Waals surface area contributed by atoms with Gasteiger partial charge < -0.3 is 5.32 Å². The van der Waals surface area contributed by atoms with Crippen LogP contribution >= 0.6 is 11.3 Å². The minimum atomic E-state index is -4.29. The predicted molar refractivity (Wildman–Crippen MR) is 65.6 cm³/mol. The number of aryl methyl sites for hydroxylation is 1. The van der Waals surface area contributed by atoms with Gasteiger partial charge in [0.25, 0.3) is 0 Å². The average molecular weight is 272 g/mol. The van der Waals surface area contributed by atoms with Crippen LogP contribution in [0.2, 0.25) is 0 Å². The van der Waals surface area contributed by atoms with E-state index in [-0.39, 0.29) is 0 Å². The fourth-order valence-corrected chi connectivity index (χ4v) is 2.07. The van der Waals surface area contributed by atoms with E-state index in [1.54, 1.807) is 11.3 Å². The summed E-state index contributed by atoms with van der Waals surface area (Å²) in [6, 6.07) is 4.97. The number of alkyl halides is 3. The molecule has 0 aliphatic rings. The van der Waals surface area contributed by atoms with Crippen LogP contribution < -0.4 is 5.32 Å². The lowest BCUT2D eigenvalue weighted by Gasteiger charge is -2.08. The van der Waals surface area contributed by atoms with Gasteiger partial charge in [-0.1, -0.05) is 0 Å². The quantitative estimate of drug-likeness (QED) is 0.910. The fourth-order valence-electron chi connectivity index (χ4n) is 1.46. The SMILES string of the molecule is Cc1nc(CNc2ccc(C(F)(F)F)cc2)cs1. The summed E-state index contributed by atoms with van der Waals surface area (Å²) in [5.74, 6) is 0. The normalized spacial score (nSPS) is 11.6. The van der Waals surface area contributed by atoms with Crippen molar-refractivity contribution < 1.29 is 13.2 Å². The molecule has 0 spiro atoms. The minimum Gasteiger partial charge on any atom is -0.379 e. The van der Waals surface area contributed by atoms with Crippen LogP contribution in [0.4, 0.5) is 18.9 Å². The molecule has 18 heavy (non-hydrogen) atoms. The first-order chi connectivity index (χ1) is 8.45. The molecule has 0 amide bonds. The summed E-state index contributed by atoms with van der Waals surface area (Å²) in [5, 5.41) is 5.92. The van der Waals surface area contributed by atoms with Crippen molar-refractivity contribution in [2.75, 3.05) is 5.32 Å². The van der Waals surface area contributed by atoms with E-state index in [0.717, 1.165) is 22.8 Å². The molecule has 0 aliphatic heterocycles. The molecule has 0 atom stereocenters. The second kappa shape index (κ2) is 4.97. The van der Waals surface area contributed by atoms with Crippen molar-refractivity contribution in [1.82, 2.24) is 4.98 Å². The Bertz CT molecular complexity index is 517. The fraction of sp³-hybridized carbons (Fsp3) is 0.250. The third kappa shape index (κ3) is 3.22. The molecular formula is C12H11F3N2S. The van der Waals surface area contributed by atoms with Crippen LogP contribution in [0.5, 0.6) is 0 Å². The monoisotopic (exact) mass is 272 g/mol. The molecule has 0 aliphatic carbocycles. The highest BCUT2D eigenvalue weighted by atomic mass is 32.1. The summed E-state index contributed by atoms with van der Waals surface area (Å²) in [6.45, 7) is 2.42. The zero-order valence-corrected chi connectivity index (χ0v) is 10.4. The van der Waals surface area contributed by atoms with Crippen molar-refractivity contribution in [3.8, 4) is 0 Å². The van der Waals surface area contributed by atoms with Crippen molar-refractivity contribution in [1.29, 1.82) is 0 Å². The summed E-state index contributed by atoms with van der Waals surface area (Å²) in [6.07, 6.45) is -4.29. The first kappa shape index (κ1) is 12.9. The highest BCUT2D eigenvalue weighted by Gasteiger charge is 2.29. The number of hydrogen-bond donors (Lipinski definition) is 1. The first-order valence-corrected chi connectivity index (χ1v) is 6.15. The molecule has 2 aromatic rings. The molecule has 96 valence electrons. The van der Waals surface area contributed by atoms with Crippen LogP contribution in [0.1, 0.15) is 16.3 Å². The lowest BCUT2D eigenvalue weighted by molar-refractivity contribution is -0.137. The highest BCUT2D eigenvalue weighted by Crippen LogP contribution is 2.29. The second-order valence-electron chi connectivity index (χ2n) is 3.79. The van der Waals surface area contributed by atoms with Crippen LogP contribution in [-0.4, -0.2) is 4.98 Å². The molecule has 0 saturated carbocycles. The summed E-state index contributed by atoms with van der Waals surface area (Å²) < 4.78 is 37.0. The molecule has 0 bridgehead atoms. The van der Waals surface area contributed by atoms with Gasteiger partial charge in [-0.15, -0.1) is 11.3 Å². The zero-order valence-electron chi connectivity index (χ0n) is 9.58. The van der Waals surface area contributed by atoms with Gasteiger partial charge in [-0.25, -0.2) is 4.98 Å². The van der Waals surface area contributed by atoms with E-state index < -0.39 is 11.7 Å². The summed E-state index contributed by atoms with van der Waals surface area (Å²) in [7, 11) is 0. The molecule has 6 heteroatoms. The molecule has 1 aromatic heterocycles. The van der Waals surface area contributed by atoms with Crippen molar-refractivity contribution in [2.24, 2.45) is 0 Å². The number of hydrogen-bond acceptors (Lipinski definition) is 3. The molecule has 1 N–H and O–H groups in total. The van der Waals surface area contributed by atoms with E-state index in [2.05, 4.69) is 10.3 Å². The zero-order chi connectivity index (χ0) is 13.2. The first-order valence-electron chi connectivity index (χ1n) is 5.27. The standard InChI is InChI=1S/C12H11F3N2S/c1-8-17-11(7-18-8)6-16-10-4-2-9(3-5-10)12(13,14)15/h2-5,7,16H,6H2,1H3. The van der Waals surface area contributed by atoms with Gasteiger partial charge in [0.15, 0.2) is 0 Å². The highest BCUT2D eigenvalue weighted by molar-refractivity contribution is 7.09. The number of rotatable bonds is 3. The van der Waals surface area contributed by atoms with Crippen LogP contribution in [0.25, 0.3) is 0 Å². The topological polar surface area (TPSA) is 24.9 Å². The summed E-state index contributed by atoms with van der Waals surface area (Å²) in [4.78, 5) is 4.26. The molecule has 0 unspecified atom stereocenters. The van der Waals surface area contributed by atoms with Gasteiger partial charge in [0.05, 0.1) is 22.8 Å². The molecule has 0 saturated heterocycles. The number of aromatic nitrogens is 1. The van der Waals surface area contributed by atoms with Crippen molar-refractivity contribution in [3.05, 3.63) is 45.9 Å². The Morgan fingerprint density at radius 1 is 1.22 bits per heavy atom. The molecule has 0 radical (unpaired) electrons. The molecule has 0 fully saturated rings. The second-order valence-corrected chi connectivity index (χ2v) is 4.85. The Hall–Kier alpha value is -1.56. The van der Waals surface area contributed by atoms with Gasteiger partial charge in [-0.2, -0.15) is 13.2 Å². The van der Waals surface area contributed by atoms with Crippen molar-refractivity contribution in [2.45, 2.75) is 19.6 Å². The largest absolute Gasteiger partial charge is 0.416 e. The minimum absolute atomic E-state index is 0.510. The Morgan fingerprint density at radius 2 is 1.89 bits per heavy atom. The summed E-state index contributed by atoms with van der Waals surface area (Å²) >= 11 is 1.55. The van der Waals surface area contributed by atoms with E-state index in [9.17, 15) is 13.2 Å². The van der Waals surface area contributed by atoms with Crippen LogP contribution in [-0.2, 0) is 12.7 Å². The number of thiazole rings is 1. The van der Waals surface area contributed by atoms with E-state index in [1.165, 1.54) is 12.1 Å². The Balaban J connectivity index is 1.98. The van der Waals surface area contributed by atoms with Gasteiger partial charge in [-0.05, 0) is 31.2 Å². The number of halogens is 3. The third-order valence-corrected chi connectivity index (χ3v) is 3.17. The van der Waals surface area contributed by atoms with Crippen LogP contribution in [0, 0.1) is 6.92 Å². The smallest absolute Gasteiger partial charge is 0.379 e. The van der Waals surface area contributed by atoms with Gasteiger partial charge in [-0.3, -0.25) is 0 Å². The van der Waals surface area contributed by atoms with Crippen molar-refractivity contribution in [3.63, 3.8) is 0 Å². The molecule has 2 rings (SSSR count). The van der Waals surface area contributed by atoms with E-state index in [4.69, 9.17) is 0 Å². The summed E-state index contributed by atoms with van der Waals surface area (Å²) in [5.41, 5.74) is 0.892. The van der Waals surface area contributed by atoms with Gasteiger partial charge in [0.2, 0.25) is 0 Å². The Morgan fingerprint density at radius 3 is 2.39 bits per heavy atom. The van der Waals surface area contributed by atoms with Crippen LogP contribution in [0.3, 0.4) is 0 Å². The average Bonchev–Trinajstić information content (AvgIpc) is 2.72.